The maximum Gasteiger partial charge on any atom is 0.241 e. The number of halogens is 2. The predicted octanol–water partition coefficient (Wildman–Crippen LogP) is 5.01. The normalized spacial score (nSPS) is 16.8. The number of ether oxygens (including phenoxy) is 1. The number of nitrogens with zero attached hydrogens (tertiary/aromatic N) is 3. The van der Waals surface area contributed by atoms with Crippen molar-refractivity contribution in [3.05, 3.63) is 57.9 Å². The molecule has 0 bridgehead atoms. The van der Waals surface area contributed by atoms with E-state index in [9.17, 15) is 4.79 Å². The molecule has 4 rings (SSSR count). The fourth-order valence-electron chi connectivity index (χ4n) is 3.68. The first kappa shape index (κ1) is 21.8. The van der Waals surface area contributed by atoms with E-state index in [1.807, 2.05) is 24.3 Å². The summed E-state index contributed by atoms with van der Waals surface area (Å²) in [6.45, 7) is 1.99. The van der Waals surface area contributed by atoms with Gasteiger partial charge in [0.25, 0.3) is 0 Å². The van der Waals surface area contributed by atoms with E-state index < -0.39 is 0 Å². The van der Waals surface area contributed by atoms with Crippen molar-refractivity contribution in [1.82, 2.24) is 15.0 Å². The lowest BCUT2D eigenvalue weighted by molar-refractivity contribution is -0.121. The Morgan fingerprint density at radius 3 is 3.03 bits per heavy atom. The fourth-order valence-corrected chi connectivity index (χ4v) is 4.25. The molecule has 3 aromatic rings. The highest BCUT2D eigenvalue weighted by Gasteiger charge is 2.27. The number of methoxy groups -OCH3 is 1. The molecule has 1 unspecified atom stereocenters. The molecule has 0 spiro atoms. The van der Waals surface area contributed by atoms with Crippen molar-refractivity contribution < 1.29 is 14.1 Å². The molecular formula is C22H22BrClN4O3. The summed E-state index contributed by atoms with van der Waals surface area (Å²) in [4.78, 5) is 19.6. The number of hydrogen-bond acceptors (Lipinski definition) is 6. The van der Waals surface area contributed by atoms with Gasteiger partial charge in [-0.25, -0.2) is 0 Å². The van der Waals surface area contributed by atoms with Crippen LogP contribution in [0.2, 0.25) is 5.02 Å². The molecule has 1 aliphatic rings. The van der Waals surface area contributed by atoms with Crippen LogP contribution in [0.15, 0.2) is 51.5 Å². The largest absolute Gasteiger partial charge is 0.495 e. The number of nitrogens with one attached hydrogen (secondary N) is 1. The van der Waals surface area contributed by atoms with Crippen LogP contribution in [-0.2, 0) is 11.3 Å². The third-order valence-corrected chi connectivity index (χ3v) is 5.93. The number of likely N-dealkylation sites (tertiary alicyclic amines) is 1. The molecule has 1 amide bonds. The zero-order valence-corrected chi connectivity index (χ0v) is 19.3. The predicted molar refractivity (Wildman–Crippen MR) is 122 cm³/mol. The maximum absolute atomic E-state index is 12.9. The summed E-state index contributed by atoms with van der Waals surface area (Å²) in [7, 11) is 1.56. The first-order chi connectivity index (χ1) is 15.0. The molecule has 9 heteroatoms. The van der Waals surface area contributed by atoms with E-state index in [0.717, 1.165) is 29.4 Å². The molecule has 1 aliphatic heterocycles. The van der Waals surface area contributed by atoms with Crippen molar-refractivity contribution in [3.63, 3.8) is 0 Å². The number of amides is 1. The van der Waals surface area contributed by atoms with Crippen molar-refractivity contribution in [2.24, 2.45) is 5.92 Å². The zero-order chi connectivity index (χ0) is 21.8. The summed E-state index contributed by atoms with van der Waals surface area (Å²) in [5.41, 5.74) is 1.46. The van der Waals surface area contributed by atoms with E-state index >= 15 is 0 Å². The summed E-state index contributed by atoms with van der Waals surface area (Å²) in [6.07, 6.45) is 1.73. The van der Waals surface area contributed by atoms with Crippen LogP contribution in [-0.4, -0.2) is 41.1 Å². The maximum atomic E-state index is 12.9. The number of carbonyl (C=O) groups excluding carboxylic acids is 1. The first-order valence-electron chi connectivity index (χ1n) is 9.97. The minimum Gasteiger partial charge on any atom is -0.495 e. The Hall–Kier alpha value is -2.42. The number of anilines is 1. The second-order valence-electron chi connectivity index (χ2n) is 7.43. The molecule has 0 aliphatic carbocycles. The fraction of sp³-hybridized carbons (Fsp3) is 0.318. The van der Waals surface area contributed by atoms with E-state index in [-0.39, 0.29) is 11.8 Å². The van der Waals surface area contributed by atoms with E-state index in [1.165, 1.54) is 0 Å². The number of hydrogen-bond donors (Lipinski definition) is 1. The van der Waals surface area contributed by atoms with E-state index in [1.54, 1.807) is 25.3 Å². The minimum absolute atomic E-state index is 0.0504. The molecule has 2 aromatic carbocycles. The van der Waals surface area contributed by atoms with Gasteiger partial charge in [0.2, 0.25) is 17.6 Å². The Labute approximate surface area is 193 Å². The molecule has 0 radical (unpaired) electrons. The molecular weight excluding hydrogens is 484 g/mol. The highest BCUT2D eigenvalue weighted by Crippen LogP contribution is 2.29. The van der Waals surface area contributed by atoms with Crippen LogP contribution in [0.4, 0.5) is 5.69 Å². The topological polar surface area (TPSA) is 80.5 Å². The zero-order valence-electron chi connectivity index (χ0n) is 17.0. The molecule has 1 saturated heterocycles. The Kier molecular flexibility index (Phi) is 6.89. The molecule has 2 heterocycles. The Morgan fingerprint density at radius 1 is 1.35 bits per heavy atom. The third kappa shape index (κ3) is 5.44. The summed E-state index contributed by atoms with van der Waals surface area (Å²) < 4.78 is 11.7. The van der Waals surface area contributed by atoms with Gasteiger partial charge in [-0.05, 0) is 49.7 Å². The van der Waals surface area contributed by atoms with Crippen LogP contribution in [0.25, 0.3) is 11.4 Å². The average molecular weight is 506 g/mol. The molecule has 0 saturated carbocycles. The molecule has 1 fully saturated rings. The van der Waals surface area contributed by atoms with Gasteiger partial charge in [-0.3, -0.25) is 9.69 Å². The Bertz CT molecular complexity index is 1070. The van der Waals surface area contributed by atoms with Gasteiger partial charge in [-0.2, -0.15) is 4.98 Å². The van der Waals surface area contributed by atoms with Crippen LogP contribution < -0.4 is 10.1 Å². The van der Waals surface area contributed by atoms with Crippen LogP contribution in [0.3, 0.4) is 0 Å². The Balaban J connectivity index is 1.39. The smallest absolute Gasteiger partial charge is 0.241 e. The van der Waals surface area contributed by atoms with Gasteiger partial charge in [-0.1, -0.05) is 44.8 Å². The number of piperidine rings is 1. The van der Waals surface area contributed by atoms with Gasteiger partial charge in [0.15, 0.2) is 0 Å². The number of aromatic nitrogens is 2. The summed E-state index contributed by atoms with van der Waals surface area (Å²) in [6, 6.07) is 12.9. The lowest BCUT2D eigenvalue weighted by Gasteiger charge is -2.31. The molecule has 1 aromatic heterocycles. The van der Waals surface area contributed by atoms with Gasteiger partial charge < -0.3 is 14.6 Å². The van der Waals surface area contributed by atoms with E-state index in [4.69, 9.17) is 20.9 Å². The average Bonchev–Trinajstić information content (AvgIpc) is 3.22. The lowest BCUT2D eigenvalue weighted by Crippen LogP contribution is -2.40. The van der Waals surface area contributed by atoms with E-state index in [0.29, 0.717) is 41.3 Å². The van der Waals surface area contributed by atoms with Crippen molar-refractivity contribution >= 4 is 39.1 Å². The number of carbonyl (C=O) groups is 1. The standard InChI is InChI=1S/C22H22BrClN4O3/c1-30-19-8-7-17(24)11-18(19)25-22(29)15-5-3-9-28(12-15)13-20-26-21(27-31-20)14-4-2-6-16(23)10-14/h2,4,6-8,10-11,15H,3,5,9,12-13H2,1H3,(H,25,29). The van der Waals surface area contributed by atoms with Crippen molar-refractivity contribution in [2.45, 2.75) is 19.4 Å². The van der Waals surface area contributed by atoms with Gasteiger partial charge in [0.05, 0.1) is 25.3 Å². The highest BCUT2D eigenvalue weighted by molar-refractivity contribution is 9.10. The molecule has 1 N–H and O–H groups in total. The van der Waals surface area contributed by atoms with Gasteiger partial charge >= 0.3 is 0 Å². The number of rotatable bonds is 6. The van der Waals surface area contributed by atoms with Crippen molar-refractivity contribution in [1.29, 1.82) is 0 Å². The van der Waals surface area contributed by atoms with Crippen LogP contribution in [0, 0.1) is 5.92 Å². The SMILES string of the molecule is COc1ccc(Cl)cc1NC(=O)C1CCCN(Cc2nc(-c3cccc(Br)c3)no2)C1. The van der Waals surface area contributed by atoms with Gasteiger partial charge in [0.1, 0.15) is 5.75 Å². The van der Waals surface area contributed by atoms with Crippen molar-refractivity contribution in [2.75, 3.05) is 25.5 Å². The third-order valence-electron chi connectivity index (χ3n) is 5.21. The monoisotopic (exact) mass is 504 g/mol. The summed E-state index contributed by atoms with van der Waals surface area (Å²) in [5, 5.41) is 7.59. The van der Waals surface area contributed by atoms with Crippen LogP contribution in [0.5, 0.6) is 5.75 Å². The molecule has 1 atom stereocenters. The minimum atomic E-state index is -0.148. The van der Waals surface area contributed by atoms with Gasteiger partial charge in [-0.15, -0.1) is 0 Å². The summed E-state index contributed by atoms with van der Waals surface area (Å²) in [5.74, 6) is 1.47. The second-order valence-corrected chi connectivity index (χ2v) is 8.78. The number of benzene rings is 2. The first-order valence-corrected chi connectivity index (χ1v) is 11.1. The molecule has 162 valence electrons. The van der Waals surface area contributed by atoms with E-state index in [2.05, 4.69) is 36.3 Å². The molecule has 7 nitrogen and oxygen atoms in total. The second kappa shape index (κ2) is 9.80. The Morgan fingerprint density at radius 2 is 2.23 bits per heavy atom. The van der Waals surface area contributed by atoms with Crippen LogP contribution in [0.1, 0.15) is 18.7 Å². The quantitative estimate of drug-likeness (QED) is 0.507. The highest BCUT2D eigenvalue weighted by atomic mass is 79.9. The summed E-state index contributed by atoms with van der Waals surface area (Å²) >= 11 is 9.53. The molecule has 31 heavy (non-hydrogen) atoms. The van der Waals surface area contributed by atoms with Crippen molar-refractivity contribution in [3.8, 4) is 17.1 Å². The van der Waals surface area contributed by atoms with Gasteiger partial charge in [0, 0.05) is 21.6 Å². The lowest BCUT2D eigenvalue weighted by atomic mass is 9.97. The van der Waals surface area contributed by atoms with Crippen LogP contribution >= 0.6 is 27.5 Å².